The maximum atomic E-state index is 14.2. The summed E-state index contributed by atoms with van der Waals surface area (Å²) in [4.78, 5) is 39.6. The first kappa shape index (κ1) is 27.2. The lowest BCUT2D eigenvalue weighted by Crippen LogP contribution is -2.54. The number of halogens is 3. The third-order valence-corrected chi connectivity index (χ3v) is 10.4. The quantitative estimate of drug-likeness (QED) is 0.433. The van der Waals surface area contributed by atoms with Gasteiger partial charge >= 0.3 is 6.09 Å². The van der Waals surface area contributed by atoms with Crippen LogP contribution in [-0.4, -0.2) is 48.9 Å². The first-order valence-corrected chi connectivity index (χ1v) is 13.8. The Hall–Kier alpha value is -2.04. The van der Waals surface area contributed by atoms with Crippen LogP contribution in [0.2, 0.25) is 23.2 Å². The molecular formula is C22H31ClF2N2O5Si. The second-order valence-corrected chi connectivity index (χ2v) is 15.7. The molecule has 1 aliphatic heterocycles. The predicted molar refractivity (Wildman–Crippen MR) is 124 cm³/mol. The number of carbonyl (C=O) groups excluding carboxylic acids is 3. The topological polar surface area (TPSA) is 84.9 Å². The van der Waals surface area contributed by atoms with Crippen molar-refractivity contribution in [2.45, 2.75) is 83.8 Å². The van der Waals surface area contributed by atoms with Crippen molar-refractivity contribution in [3.63, 3.8) is 0 Å². The number of rotatable bonds is 4. The number of imide groups is 1. The van der Waals surface area contributed by atoms with Gasteiger partial charge in [-0.15, -0.1) is 0 Å². The SMILES string of the molecule is CC(C)(C)OC(=O)N1C(=O)C[C@H](O[Si](C)(C)C(C)(C)C)[C@H]1C(=O)Nc1cc(Cl)c(F)cc1F. The number of amides is 3. The summed E-state index contributed by atoms with van der Waals surface area (Å²) in [6.07, 6.45) is -2.20. The molecule has 2 atom stereocenters. The second-order valence-electron chi connectivity index (χ2n) is 10.5. The van der Waals surface area contributed by atoms with Gasteiger partial charge < -0.3 is 14.5 Å². The fourth-order valence-electron chi connectivity index (χ4n) is 3.00. The van der Waals surface area contributed by atoms with Gasteiger partial charge in [-0.3, -0.25) is 9.59 Å². The molecule has 11 heteroatoms. The molecule has 184 valence electrons. The molecule has 3 amide bonds. The van der Waals surface area contributed by atoms with Crippen LogP contribution in [0.1, 0.15) is 48.0 Å². The van der Waals surface area contributed by atoms with Gasteiger partial charge in [-0.1, -0.05) is 32.4 Å². The molecule has 1 aliphatic rings. The molecule has 0 spiro atoms. The highest BCUT2D eigenvalue weighted by Crippen LogP contribution is 2.40. The molecule has 0 aliphatic carbocycles. The Morgan fingerprint density at radius 2 is 1.70 bits per heavy atom. The number of carbonyl (C=O) groups is 3. The van der Waals surface area contributed by atoms with Crippen molar-refractivity contribution in [2.75, 3.05) is 5.32 Å². The van der Waals surface area contributed by atoms with E-state index in [1.807, 2.05) is 33.9 Å². The molecule has 0 unspecified atom stereocenters. The van der Waals surface area contributed by atoms with Crippen LogP contribution in [0.15, 0.2) is 12.1 Å². The maximum Gasteiger partial charge on any atom is 0.417 e. The first-order chi connectivity index (χ1) is 14.8. The van der Waals surface area contributed by atoms with Crippen LogP contribution < -0.4 is 5.32 Å². The molecule has 1 aromatic carbocycles. The Bertz CT molecular complexity index is 959. The first-order valence-electron chi connectivity index (χ1n) is 10.5. The van der Waals surface area contributed by atoms with E-state index in [9.17, 15) is 23.2 Å². The van der Waals surface area contributed by atoms with E-state index in [0.717, 1.165) is 6.07 Å². The highest BCUT2D eigenvalue weighted by Gasteiger charge is 2.52. The van der Waals surface area contributed by atoms with E-state index >= 15 is 0 Å². The van der Waals surface area contributed by atoms with Gasteiger partial charge in [0.05, 0.1) is 23.2 Å². The van der Waals surface area contributed by atoms with Crippen molar-refractivity contribution < 1.29 is 32.3 Å². The highest BCUT2D eigenvalue weighted by atomic mass is 35.5. The van der Waals surface area contributed by atoms with Crippen molar-refractivity contribution >= 4 is 43.5 Å². The van der Waals surface area contributed by atoms with Crippen molar-refractivity contribution in [2.24, 2.45) is 0 Å². The monoisotopic (exact) mass is 504 g/mol. The number of nitrogens with zero attached hydrogens (tertiary/aromatic N) is 1. The average Bonchev–Trinajstić information content (AvgIpc) is 2.92. The van der Waals surface area contributed by atoms with Gasteiger partial charge in [0.15, 0.2) is 8.32 Å². The lowest BCUT2D eigenvalue weighted by atomic mass is 10.1. The Kier molecular flexibility index (Phi) is 7.67. The summed E-state index contributed by atoms with van der Waals surface area (Å²) in [5.41, 5.74) is -1.31. The highest BCUT2D eigenvalue weighted by molar-refractivity contribution is 6.74. The summed E-state index contributed by atoms with van der Waals surface area (Å²) in [5, 5.41) is 1.67. The van der Waals surface area contributed by atoms with E-state index in [0.29, 0.717) is 11.0 Å². The van der Waals surface area contributed by atoms with E-state index in [-0.39, 0.29) is 17.1 Å². The Morgan fingerprint density at radius 3 is 2.21 bits per heavy atom. The minimum absolute atomic E-state index is 0.226. The summed E-state index contributed by atoms with van der Waals surface area (Å²) in [6.45, 7) is 14.7. The molecule has 1 heterocycles. The van der Waals surface area contributed by atoms with Crippen LogP contribution in [0.25, 0.3) is 0 Å². The standard InChI is InChI=1S/C22H31ClF2N2O5Si/c1-21(2,3)31-20(30)27-17(28)11-16(32-33(7,8)22(4,5)6)18(27)19(29)26-15-9-12(23)13(24)10-14(15)25/h9-10,16,18H,11H2,1-8H3,(H,26,29)/t16-,18-/m0/s1. The summed E-state index contributed by atoms with van der Waals surface area (Å²) in [7, 11) is -2.47. The summed E-state index contributed by atoms with van der Waals surface area (Å²) >= 11 is 5.72. The van der Waals surface area contributed by atoms with Crippen molar-refractivity contribution in [1.29, 1.82) is 0 Å². The van der Waals surface area contributed by atoms with Crippen molar-refractivity contribution in [3.05, 3.63) is 28.8 Å². The average molecular weight is 505 g/mol. The van der Waals surface area contributed by atoms with Crippen molar-refractivity contribution in [1.82, 2.24) is 4.90 Å². The molecule has 7 nitrogen and oxygen atoms in total. The van der Waals surface area contributed by atoms with E-state index in [2.05, 4.69) is 5.32 Å². The van der Waals surface area contributed by atoms with Gasteiger partial charge in [0, 0.05) is 6.07 Å². The largest absolute Gasteiger partial charge is 0.443 e. The van der Waals surface area contributed by atoms with Gasteiger partial charge in [-0.05, 0) is 45.0 Å². The van der Waals surface area contributed by atoms with E-state index in [1.54, 1.807) is 20.8 Å². The van der Waals surface area contributed by atoms with E-state index < -0.39 is 60.6 Å². The molecule has 1 aromatic rings. The maximum absolute atomic E-state index is 14.2. The zero-order valence-electron chi connectivity index (χ0n) is 20.1. The van der Waals surface area contributed by atoms with E-state index in [1.165, 1.54) is 0 Å². The van der Waals surface area contributed by atoms with Gasteiger partial charge in [0.1, 0.15) is 23.3 Å². The predicted octanol–water partition coefficient (Wildman–Crippen LogP) is 5.48. The molecule has 1 fully saturated rings. The van der Waals surface area contributed by atoms with Crippen molar-refractivity contribution in [3.8, 4) is 0 Å². The number of hydrogen-bond donors (Lipinski definition) is 1. The van der Waals surface area contributed by atoms with Crippen LogP contribution in [0.4, 0.5) is 19.3 Å². The Balaban J connectivity index is 2.45. The van der Waals surface area contributed by atoms with Crippen LogP contribution in [0.5, 0.6) is 0 Å². The fraction of sp³-hybridized carbons (Fsp3) is 0.591. The molecule has 0 radical (unpaired) electrons. The number of nitrogens with one attached hydrogen (secondary N) is 1. The lowest BCUT2D eigenvalue weighted by molar-refractivity contribution is -0.132. The molecule has 33 heavy (non-hydrogen) atoms. The van der Waals surface area contributed by atoms with Crippen LogP contribution in [-0.2, 0) is 18.8 Å². The number of likely N-dealkylation sites (tertiary alicyclic amines) is 1. The fourth-order valence-corrected chi connectivity index (χ4v) is 4.49. The minimum atomic E-state index is -2.47. The van der Waals surface area contributed by atoms with E-state index in [4.69, 9.17) is 20.8 Å². The Labute approximate surface area is 198 Å². The number of hydrogen-bond acceptors (Lipinski definition) is 5. The number of anilines is 1. The third kappa shape index (κ3) is 6.30. The lowest BCUT2D eigenvalue weighted by Gasteiger charge is -2.39. The molecule has 1 saturated heterocycles. The van der Waals surface area contributed by atoms with Crippen LogP contribution in [0, 0.1) is 11.6 Å². The van der Waals surface area contributed by atoms with Gasteiger partial charge in [0.25, 0.3) is 5.91 Å². The molecular weight excluding hydrogens is 474 g/mol. The zero-order valence-corrected chi connectivity index (χ0v) is 21.9. The normalized spacial score (nSPS) is 19.6. The van der Waals surface area contributed by atoms with Gasteiger partial charge in [-0.25, -0.2) is 18.5 Å². The zero-order chi connectivity index (χ0) is 25.5. The summed E-state index contributed by atoms with van der Waals surface area (Å²) < 4.78 is 39.4. The number of ether oxygens (including phenoxy) is 1. The second kappa shape index (κ2) is 9.30. The molecule has 0 bridgehead atoms. The van der Waals surface area contributed by atoms with Crippen LogP contribution in [0.3, 0.4) is 0 Å². The Morgan fingerprint density at radius 1 is 1.12 bits per heavy atom. The summed E-state index contributed by atoms with van der Waals surface area (Å²) in [6, 6.07) is 0.0415. The van der Waals surface area contributed by atoms with Crippen LogP contribution >= 0.6 is 11.6 Å². The summed E-state index contributed by atoms with van der Waals surface area (Å²) in [5.74, 6) is -3.57. The third-order valence-electron chi connectivity index (χ3n) is 5.65. The smallest absolute Gasteiger partial charge is 0.417 e. The van der Waals surface area contributed by atoms with Gasteiger partial charge in [-0.2, -0.15) is 0 Å². The molecule has 1 N–H and O–H groups in total. The molecule has 0 aromatic heterocycles. The van der Waals surface area contributed by atoms with Gasteiger partial charge in [0.2, 0.25) is 5.91 Å². The number of benzene rings is 1. The molecule has 2 rings (SSSR count). The minimum Gasteiger partial charge on any atom is -0.443 e. The molecule has 0 saturated carbocycles.